The fraction of sp³-hybridized carbons (Fsp3) is 0.0526. The zero-order valence-corrected chi connectivity index (χ0v) is 14.0. The van der Waals surface area contributed by atoms with Crippen molar-refractivity contribution in [3.05, 3.63) is 83.4 Å². The Morgan fingerprint density at radius 1 is 1.16 bits per heavy atom. The SMILES string of the molecule is O=C(NCc1cccc(F)c1)c1sc2ncccc2c1-n1cccc1. The molecule has 0 spiro atoms. The van der Waals surface area contributed by atoms with E-state index in [4.69, 9.17) is 0 Å². The Morgan fingerprint density at radius 2 is 2.00 bits per heavy atom. The van der Waals surface area contributed by atoms with Crippen molar-refractivity contribution in [3.63, 3.8) is 0 Å². The summed E-state index contributed by atoms with van der Waals surface area (Å²) in [4.78, 5) is 18.5. The number of thiophene rings is 1. The van der Waals surface area contributed by atoms with Gasteiger partial charge in [-0.1, -0.05) is 12.1 Å². The van der Waals surface area contributed by atoms with Crippen molar-refractivity contribution < 1.29 is 9.18 Å². The first-order valence-corrected chi connectivity index (χ1v) is 8.57. The van der Waals surface area contributed by atoms with Gasteiger partial charge in [-0.3, -0.25) is 4.79 Å². The van der Waals surface area contributed by atoms with E-state index in [9.17, 15) is 9.18 Å². The van der Waals surface area contributed by atoms with Gasteiger partial charge in [0.2, 0.25) is 0 Å². The van der Waals surface area contributed by atoms with Gasteiger partial charge in [-0.2, -0.15) is 0 Å². The Hall–Kier alpha value is -2.99. The molecule has 0 fully saturated rings. The van der Waals surface area contributed by atoms with Crippen LogP contribution >= 0.6 is 11.3 Å². The van der Waals surface area contributed by atoms with Crippen molar-refractivity contribution in [3.8, 4) is 5.69 Å². The molecule has 4 nitrogen and oxygen atoms in total. The highest BCUT2D eigenvalue weighted by Gasteiger charge is 2.20. The van der Waals surface area contributed by atoms with Crippen LogP contribution in [0.1, 0.15) is 15.2 Å². The third kappa shape index (κ3) is 3.04. The molecule has 0 aliphatic heterocycles. The maximum atomic E-state index is 13.3. The number of hydrogen-bond donors (Lipinski definition) is 1. The van der Waals surface area contributed by atoms with Crippen LogP contribution in [-0.4, -0.2) is 15.5 Å². The summed E-state index contributed by atoms with van der Waals surface area (Å²) in [6.07, 6.45) is 5.52. The fourth-order valence-corrected chi connectivity index (χ4v) is 3.78. The maximum absolute atomic E-state index is 13.3. The van der Waals surface area contributed by atoms with Crippen molar-refractivity contribution in [2.75, 3.05) is 0 Å². The number of aromatic nitrogens is 2. The number of rotatable bonds is 4. The minimum Gasteiger partial charge on any atom is -0.347 e. The van der Waals surface area contributed by atoms with Gasteiger partial charge in [0.25, 0.3) is 5.91 Å². The van der Waals surface area contributed by atoms with Crippen LogP contribution in [0.3, 0.4) is 0 Å². The van der Waals surface area contributed by atoms with Crippen LogP contribution in [0, 0.1) is 5.82 Å². The highest BCUT2D eigenvalue weighted by molar-refractivity contribution is 7.21. The molecular weight excluding hydrogens is 337 g/mol. The first-order chi connectivity index (χ1) is 12.2. The van der Waals surface area contributed by atoms with Gasteiger partial charge in [-0.05, 0) is 42.0 Å². The number of hydrogen-bond acceptors (Lipinski definition) is 3. The molecule has 0 aliphatic rings. The maximum Gasteiger partial charge on any atom is 0.263 e. The molecule has 4 aromatic rings. The minimum atomic E-state index is -0.314. The molecule has 124 valence electrons. The van der Waals surface area contributed by atoms with E-state index in [1.54, 1.807) is 18.3 Å². The number of nitrogens with one attached hydrogen (secondary N) is 1. The second-order valence-corrected chi connectivity index (χ2v) is 6.54. The van der Waals surface area contributed by atoms with E-state index < -0.39 is 0 Å². The van der Waals surface area contributed by atoms with Crippen LogP contribution < -0.4 is 5.32 Å². The van der Waals surface area contributed by atoms with E-state index in [1.165, 1.54) is 23.5 Å². The van der Waals surface area contributed by atoms with Gasteiger partial charge in [-0.25, -0.2) is 9.37 Å². The first kappa shape index (κ1) is 15.5. The summed E-state index contributed by atoms with van der Waals surface area (Å²) < 4.78 is 15.2. The zero-order valence-electron chi connectivity index (χ0n) is 13.1. The Kier molecular flexibility index (Phi) is 4.03. The van der Waals surface area contributed by atoms with Gasteiger partial charge in [0, 0.05) is 30.5 Å². The van der Waals surface area contributed by atoms with Crippen molar-refractivity contribution in [2.45, 2.75) is 6.54 Å². The van der Waals surface area contributed by atoms with Gasteiger partial charge in [0.1, 0.15) is 15.5 Å². The quantitative estimate of drug-likeness (QED) is 0.600. The van der Waals surface area contributed by atoms with Crippen LogP contribution in [0.15, 0.2) is 67.1 Å². The van der Waals surface area contributed by atoms with E-state index in [-0.39, 0.29) is 18.3 Å². The average Bonchev–Trinajstić information content (AvgIpc) is 3.26. The Labute approximate surface area is 147 Å². The van der Waals surface area contributed by atoms with Gasteiger partial charge >= 0.3 is 0 Å². The van der Waals surface area contributed by atoms with Gasteiger partial charge in [0.15, 0.2) is 0 Å². The molecule has 0 bridgehead atoms. The summed E-state index contributed by atoms with van der Waals surface area (Å²) in [5.74, 6) is -0.512. The van der Waals surface area contributed by atoms with E-state index in [2.05, 4.69) is 10.3 Å². The van der Waals surface area contributed by atoms with Crippen molar-refractivity contribution in [1.29, 1.82) is 0 Å². The number of halogens is 1. The van der Waals surface area contributed by atoms with E-state index in [0.29, 0.717) is 4.88 Å². The van der Waals surface area contributed by atoms with E-state index in [1.807, 2.05) is 41.2 Å². The zero-order chi connectivity index (χ0) is 17.2. The normalized spacial score (nSPS) is 10.9. The lowest BCUT2D eigenvalue weighted by molar-refractivity contribution is 0.0955. The van der Waals surface area contributed by atoms with Gasteiger partial charge < -0.3 is 9.88 Å². The van der Waals surface area contributed by atoms with Gasteiger partial charge in [-0.15, -0.1) is 11.3 Å². The second kappa shape index (κ2) is 6.49. The smallest absolute Gasteiger partial charge is 0.263 e. The number of benzene rings is 1. The number of fused-ring (bicyclic) bond motifs is 1. The first-order valence-electron chi connectivity index (χ1n) is 7.76. The molecule has 3 heterocycles. The summed E-state index contributed by atoms with van der Waals surface area (Å²) >= 11 is 1.35. The van der Waals surface area contributed by atoms with Crippen LogP contribution in [0.2, 0.25) is 0 Å². The molecule has 1 aromatic carbocycles. The number of carbonyl (C=O) groups is 1. The predicted molar refractivity (Wildman–Crippen MR) is 96.5 cm³/mol. The largest absolute Gasteiger partial charge is 0.347 e. The van der Waals surface area contributed by atoms with E-state index >= 15 is 0 Å². The number of pyridine rings is 1. The molecular formula is C19H14FN3OS. The molecule has 0 atom stereocenters. The Balaban J connectivity index is 1.68. The van der Waals surface area contributed by atoms with E-state index in [0.717, 1.165) is 21.5 Å². The second-order valence-electron chi connectivity index (χ2n) is 5.54. The third-order valence-corrected chi connectivity index (χ3v) is 4.95. The lowest BCUT2D eigenvalue weighted by atomic mass is 10.2. The molecule has 1 amide bonds. The molecule has 0 saturated heterocycles. The summed E-state index contributed by atoms with van der Waals surface area (Å²) in [7, 11) is 0. The van der Waals surface area contributed by atoms with Crippen LogP contribution in [0.25, 0.3) is 15.9 Å². The van der Waals surface area contributed by atoms with Crippen molar-refractivity contribution in [1.82, 2.24) is 14.9 Å². The molecule has 0 saturated carbocycles. The molecule has 4 rings (SSSR count). The summed E-state index contributed by atoms with van der Waals surface area (Å²) in [5, 5.41) is 3.80. The monoisotopic (exact) mass is 351 g/mol. The van der Waals surface area contributed by atoms with Crippen molar-refractivity contribution >= 4 is 27.5 Å². The fourth-order valence-electron chi connectivity index (χ4n) is 2.72. The molecule has 25 heavy (non-hydrogen) atoms. The lowest BCUT2D eigenvalue weighted by Gasteiger charge is -2.08. The van der Waals surface area contributed by atoms with Crippen molar-refractivity contribution in [2.24, 2.45) is 0 Å². The molecule has 6 heteroatoms. The predicted octanol–water partition coefficient (Wildman–Crippen LogP) is 4.16. The van der Waals surface area contributed by atoms with Gasteiger partial charge in [0.05, 0.1) is 5.69 Å². The third-order valence-electron chi connectivity index (χ3n) is 3.85. The number of nitrogens with zero attached hydrogens (tertiary/aromatic N) is 2. The number of carbonyl (C=O) groups excluding carboxylic acids is 1. The molecule has 1 N–H and O–H groups in total. The highest BCUT2D eigenvalue weighted by atomic mass is 32.1. The van der Waals surface area contributed by atoms with Crippen LogP contribution in [0.4, 0.5) is 4.39 Å². The average molecular weight is 351 g/mol. The summed E-state index contributed by atoms with van der Waals surface area (Å²) in [6.45, 7) is 0.267. The highest BCUT2D eigenvalue weighted by Crippen LogP contribution is 2.33. The summed E-state index contributed by atoms with van der Waals surface area (Å²) in [6, 6.07) is 13.8. The van der Waals surface area contributed by atoms with Crippen LogP contribution in [0.5, 0.6) is 0 Å². The summed E-state index contributed by atoms with van der Waals surface area (Å²) in [5.41, 5.74) is 1.53. The molecule has 3 aromatic heterocycles. The van der Waals surface area contributed by atoms with Crippen LogP contribution in [-0.2, 0) is 6.54 Å². The molecule has 0 aliphatic carbocycles. The lowest BCUT2D eigenvalue weighted by Crippen LogP contribution is -2.23. The Morgan fingerprint density at radius 3 is 2.80 bits per heavy atom. The number of amides is 1. The standard InChI is InChI=1S/C19H14FN3OS/c20-14-6-3-5-13(11-14)12-22-18(24)17-16(23-9-1-2-10-23)15-7-4-8-21-19(15)25-17/h1-11H,12H2,(H,22,24). The minimum absolute atomic E-state index is 0.198. The Bertz CT molecular complexity index is 1040. The topological polar surface area (TPSA) is 46.9 Å². The molecule has 0 radical (unpaired) electrons. The molecule has 0 unspecified atom stereocenters.